The van der Waals surface area contributed by atoms with Crippen LogP contribution in [0.1, 0.15) is 15.9 Å². The van der Waals surface area contributed by atoms with Crippen LogP contribution in [0.15, 0.2) is 71.5 Å². The van der Waals surface area contributed by atoms with Crippen molar-refractivity contribution in [1.82, 2.24) is 0 Å². The zero-order valence-corrected chi connectivity index (χ0v) is 16.0. The van der Waals surface area contributed by atoms with Crippen LogP contribution < -0.4 is 5.43 Å². The Balaban J connectivity index is 1.59. The summed E-state index contributed by atoms with van der Waals surface area (Å²) in [4.78, 5) is 36.8. The summed E-state index contributed by atoms with van der Waals surface area (Å²) in [5, 5.41) is 1.68. The van der Waals surface area contributed by atoms with Crippen molar-refractivity contribution in [2.45, 2.75) is 6.61 Å². The lowest BCUT2D eigenvalue weighted by molar-refractivity contribution is -0.139. The van der Waals surface area contributed by atoms with Crippen LogP contribution in [0, 0.1) is 0 Å². The Kier molecular flexibility index (Phi) is 4.94. The molecule has 0 fully saturated rings. The van der Waals surface area contributed by atoms with E-state index in [1.165, 1.54) is 11.3 Å². The standard InChI is InChI=1S/C22H13ClO4S/c23-15-7-9-18-17(11-15)21(25)16-8-6-13(10-19(16)28-18)12-27-22(26)20(24)14-4-2-1-3-5-14/h1-11H,12H2. The molecule has 1 aromatic heterocycles. The van der Waals surface area contributed by atoms with Crippen molar-refractivity contribution < 1.29 is 14.3 Å². The lowest BCUT2D eigenvalue weighted by Gasteiger charge is -2.06. The molecular formula is C22H13ClO4S. The first-order chi connectivity index (χ1) is 13.5. The molecule has 0 amide bonds. The average molecular weight is 409 g/mol. The SMILES string of the molecule is O=C(OCc1ccc2c(=O)c3cc(Cl)ccc3sc2c1)C(=O)c1ccccc1. The second-order valence-electron chi connectivity index (χ2n) is 6.17. The van der Waals surface area contributed by atoms with Gasteiger partial charge >= 0.3 is 5.97 Å². The first-order valence-corrected chi connectivity index (χ1v) is 9.64. The second-order valence-corrected chi connectivity index (χ2v) is 7.69. The molecule has 0 spiro atoms. The van der Waals surface area contributed by atoms with Crippen LogP contribution in [0.2, 0.25) is 5.02 Å². The highest BCUT2D eigenvalue weighted by atomic mass is 35.5. The lowest BCUT2D eigenvalue weighted by Crippen LogP contribution is -2.17. The quantitative estimate of drug-likeness (QED) is 0.206. The number of esters is 1. The van der Waals surface area contributed by atoms with Gasteiger partial charge in [-0.25, -0.2) is 4.79 Å². The maximum atomic E-state index is 12.7. The van der Waals surface area contributed by atoms with Crippen LogP contribution in [0.5, 0.6) is 0 Å². The predicted octanol–water partition coefficient (Wildman–Crippen LogP) is 4.99. The highest BCUT2D eigenvalue weighted by Crippen LogP contribution is 2.27. The molecule has 0 radical (unpaired) electrons. The average Bonchev–Trinajstić information content (AvgIpc) is 2.72. The fourth-order valence-electron chi connectivity index (χ4n) is 2.88. The fourth-order valence-corrected chi connectivity index (χ4v) is 4.17. The van der Waals surface area contributed by atoms with Gasteiger partial charge in [-0.3, -0.25) is 9.59 Å². The Bertz CT molecular complexity index is 1280. The zero-order valence-electron chi connectivity index (χ0n) is 14.5. The number of rotatable bonds is 4. The van der Waals surface area contributed by atoms with Crippen LogP contribution in [-0.4, -0.2) is 11.8 Å². The van der Waals surface area contributed by atoms with Crippen LogP contribution in [0.3, 0.4) is 0 Å². The number of hydrogen-bond donors (Lipinski definition) is 0. The molecule has 4 rings (SSSR count). The molecular weight excluding hydrogens is 396 g/mol. The molecule has 0 atom stereocenters. The predicted molar refractivity (Wildman–Crippen MR) is 111 cm³/mol. The minimum atomic E-state index is -0.910. The van der Waals surface area contributed by atoms with Crippen molar-refractivity contribution in [2.75, 3.05) is 0 Å². The molecule has 0 aliphatic carbocycles. The highest BCUT2D eigenvalue weighted by molar-refractivity contribution is 7.24. The van der Waals surface area contributed by atoms with Crippen molar-refractivity contribution in [3.05, 3.63) is 93.1 Å². The van der Waals surface area contributed by atoms with E-state index in [-0.39, 0.29) is 17.6 Å². The summed E-state index contributed by atoms with van der Waals surface area (Å²) < 4.78 is 6.76. The molecule has 1 heterocycles. The molecule has 0 bridgehead atoms. The molecule has 0 saturated heterocycles. The number of Topliss-reactive ketones (excluding diaryl/α,β-unsaturated/α-hetero) is 1. The van der Waals surface area contributed by atoms with E-state index in [9.17, 15) is 14.4 Å². The van der Waals surface area contributed by atoms with Gasteiger partial charge in [0, 0.05) is 30.8 Å². The number of carbonyl (C=O) groups is 2. The van der Waals surface area contributed by atoms with E-state index < -0.39 is 11.8 Å². The van der Waals surface area contributed by atoms with E-state index in [0.717, 1.165) is 9.40 Å². The molecule has 0 saturated carbocycles. The number of carbonyl (C=O) groups excluding carboxylic acids is 2. The van der Waals surface area contributed by atoms with Gasteiger partial charge in [-0.2, -0.15) is 0 Å². The van der Waals surface area contributed by atoms with Crippen LogP contribution in [-0.2, 0) is 16.1 Å². The van der Waals surface area contributed by atoms with Gasteiger partial charge in [0.2, 0.25) is 0 Å². The Morgan fingerprint density at radius 1 is 0.893 bits per heavy atom. The van der Waals surface area contributed by atoms with E-state index in [1.807, 2.05) is 6.07 Å². The van der Waals surface area contributed by atoms with E-state index in [1.54, 1.807) is 60.7 Å². The molecule has 4 nitrogen and oxygen atoms in total. The van der Waals surface area contributed by atoms with Gasteiger partial charge in [-0.15, -0.1) is 11.3 Å². The molecule has 0 unspecified atom stereocenters. The van der Waals surface area contributed by atoms with Crippen LogP contribution in [0.4, 0.5) is 0 Å². The minimum Gasteiger partial charge on any atom is -0.455 e. The first-order valence-electron chi connectivity index (χ1n) is 8.44. The fraction of sp³-hybridized carbons (Fsp3) is 0.0455. The maximum Gasteiger partial charge on any atom is 0.380 e. The number of ketones is 1. The third-order valence-electron chi connectivity index (χ3n) is 4.29. The molecule has 0 aliphatic heterocycles. The number of halogens is 1. The van der Waals surface area contributed by atoms with Crippen LogP contribution >= 0.6 is 22.9 Å². The summed E-state index contributed by atoms with van der Waals surface area (Å²) in [6, 6.07) is 18.7. The van der Waals surface area contributed by atoms with Crippen LogP contribution in [0.25, 0.3) is 20.2 Å². The van der Waals surface area contributed by atoms with E-state index >= 15 is 0 Å². The highest BCUT2D eigenvalue weighted by Gasteiger charge is 2.17. The third kappa shape index (κ3) is 3.54. The minimum absolute atomic E-state index is 0.0487. The van der Waals surface area contributed by atoms with Gasteiger partial charge < -0.3 is 4.74 Å². The smallest absolute Gasteiger partial charge is 0.380 e. The maximum absolute atomic E-state index is 12.7. The second kappa shape index (κ2) is 7.54. The van der Waals surface area contributed by atoms with E-state index in [0.29, 0.717) is 21.4 Å². The molecule has 4 aromatic rings. The van der Waals surface area contributed by atoms with Crippen molar-refractivity contribution in [1.29, 1.82) is 0 Å². The number of benzene rings is 3. The molecule has 6 heteroatoms. The van der Waals surface area contributed by atoms with Gasteiger partial charge in [0.05, 0.1) is 0 Å². The number of hydrogen-bond acceptors (Lipinski definition) is 5. The number of fused-ring (bicyclic) bond motifs is 2. The normalized spacial score (nSPS) is 10.9. The molecule has 3 aromatic carbocycles. The van der Waals surface area contributed by atoms with Crippen molar-refractivity contribution in [2.24, 2.45) is 0 Å². The van der Waals surface area contributed by atoms with Crippen molar-refractivity contribution in [3.8, 4) is 0 Å². The number of ether oxygens (including phenoxy) is 1. The topological polar surface area (TPSA) is 60.4 Å². The van der Waals surface area contributed by atoms with Gasteiger partial charge in [-0.05, 0) is 35.9 Å². The Morgan fingerprint density at radius 3 is 2.46 bits per heavy atom. The summed E-state index contributed by atoms with van der Waals surface area (Å²) >= 11 is 7.46. The summed E-state index contributed by atoms with van der Waals surface area (Å²) in [6.45, 7) is -0.0487. The Hall–Kier alpha value is -3.02. The van der Waals surface area contributed by atoms with Gasteiger partial charge in [-0.1, -0.05) is 48.0 Å². The molecule has 28 heavy (non-hydrogen) atoms. The molecule has 138 valence electrons. The largest absolute Gasteiger partial charge is 0.455 e. The Morgan fingerprint density at radius 2 is 1.68 bits per heavy atom. The zero-order chi connectivity index (χ0) is 19.7. The van der Waals surface area contributed by atoms with Gasteiger partial charge in [0.25, 0.3) is 5.78 Å². The van der Waals surface area contributed by atoms with E-state index in [2.05, 4.69) is 0 Å². The van der Waals surface area contributed by atoms with Gasteiger partial charge in [0.1, 0.15) is 6.61 Å². The summed E-state index contributed by atoms with van der Waals surface area (Å²) in [7, 11) is 0. The van der Waals surface area contributed by atoms with E-state index in [4.69, 9.17) is 16.3 Å². The monoisotopic (exact) mass is 408 g/mol. The lowest BCUT2D eigenvalue weighted by atomic mass is 10.1. The van der Waals surface area contributed by atoms with Gasteiger partial charge in [0.15, 0.2) is 5.43 Å². The third-order valence-corrected chi connectivity index (χ3v) is 5.66. The summed E-state index contributed by atoms with van der Waals surface area (Å²) in [6.07, 6.45) is 0. The summed E-state index contributed by atoms with van der Waals surface area (Å²) in [5.41, 5.74) is 0.897. The molecule has 0 aliphatic rings. The van der Waals surface area contributed by atoms with Crippen molar-refractivity contribution in [3.63, 3.8) is 0 Å². The Labute approximate surface area is 168 Å². The summed E-state index contributed by atoms with van der Waals surface area (Å²) in [5.74, 6) is -1.60. The first kappa shape index (κ1) is 18.3. The molecule has 0 N–H and O–H groups in total. The van der Waals surface area contributed by atoms with Crippen molar-refractivity contribution >= 4 is 54.9 Å².